The van der Waals surface area contributed by atoms with Crippen LogP contribution >= 0.6 is 27.5 Å². The topological polar surface area (TPSA) is 26.0 Å². The smallest absolute Gasteiger partial charge is 0.126 e. The predicted octanol–water partition coefficient (Wildman–Crippen LogP) is 4.60. The van der Waals surface area contributed by atoms with Crippen molar-refractivity contribution in [3.8, 4) is 0 Å². The van der Waals surface area contributed by atoms with Crippen molar-refractivity contribution in [3.05, 3.63) is 68.4 Å². The molecule has 4 heteroatoms. The Morgan fingerprint density at radius 2 is 1.89 bits per heavy atom. The summed E-state index contributed by atoms with van der Waals surface area (Å²) in [6, 6.07) is 10.1. The van der Waals surface area contributed by atoms with Crippen LogP contribution in [0.2, 0.25) is 5.02 Å². The summed E-state index contributed by atoms with van der Waals surface area (Å²) in [6.45, 7) is 1.72. The summed E-state index contributed by atoms with van der Waals surface area (Å²) in [5, 5.41) is 0.619. The van der Waals surface area contributed by atoms with E-state index >= 15 is 0 Å². The Hall–Kier alpha value is -0.900. The molecule has 0 aromatic heterocycles. The second-order valence-electron chi connectivity index (χ2n) is 4.19. The van der Waals surface area contributed by atoms with Crippen LogP contribution in [-0.2, 0) is 0 Å². The van der Waals surface area contributed by atoms with Gasteiger partial charge in [0.25, 0.3) is 0 Å². The number of halogens is 3. The fourth-order valence-corrected chi connectivity index (χ4v) is 2.69. The zero-order chi connectivity index (χ0) is 13.3. The van der Waals surface area contributed by atoms with E-state index in [1.165, 1.54) is 6.07 Å². The highest BCUT2D eigenvalue weighted by molar-refractivity contribution is 9.10. The molecular formula is C14H12BrClFN. The molecule has 2 aromatic rings. The van der Waals surface area contributed by atoms with Crippen LogP contribution < -0.4 is 5.73 Å². The summed E-state index contributed by atoms with van der Waals surface area (Å²) in [5.41, 5.74) is 8.51. The van der Waals surface area contributed by atoms with Crippen molar-refractivity contribution >= 4 is 27.5 Å². The molecule has 0 amide bonds. The van der Waals surface area contributed by atoms with Crippen LogP contribution in [0.15, 0.2) is 40.9 Å². The molecule has 0 aliphatic heterocycles. The van der Waals surface area contributed by atoms with E-state index in [2.05, 4.69) is 15.9 Å². The largest absolute Gasteiger partial charge is 0.320 e. The Morgan fingerprint density at radius 1 is 1.17 bits per heavy atom. The molecule has 2 aromatic carbocycles. The molecule has 0 spiro atoms. The average molecular weight is 329 g/mol. The van der Waals surface area contributed by atoms with Crippen molar-refractivity contribution < 1.29 is 4.39 Å². The molecule has 0 saturated heterocycles. The first-order valence-corrected chi connectivity index (χ1v) is 6.62. The molecule has 2 rings (SSSR count). The average Bonchev–Trinajstić information content (AvgIpc) is 2.30. The number of benzene rings is 2. The maximum atomic E-state index is 13.2. The second-order valence-corrected chi connectivity index (χ2v) is 5.54. The SMILES string of the molecule is Cc1cc(C(N)c2cc(Cl)cc(Br)c2)ccc1F. The third kappa shape index (κ3) is 2.91. The number of aryl methyl sites for hydroxylation is 1. The third-order valence-corrected chi connectivity index (χ3v) is 3.46. The van der Waals surface area contributed by atoms with E-state index in [9.17, 15) is 4.39 Å². The van der Waals surface area contributed by atoms with Crippen LogP contribution in [0.5, 0.6) is 0 Å². The second kappa shape index (κ2) is 5.39. The van der Waals surface area contributed by atoms with Gasteiger partial charge in [-0.25, -0.2) is 4.39 Å². The summed E-state index contributed by atoms with van der Waals surface area (Å²) in [4.78, 5) is 0. The van der Waals surface area contributed by atoms with Crippen molar-refractivity contribution in [1.29, 1.82) is 0 Å². The van der Waals surface area contributed by atoms with Gasteiger partial charge in [-0.3, -0.25) is 0 Å². The zero-order valence-corrected chi connectivity index (χ0v) is 12.1. The Kier molecular flexibility index (Phi) is 4.05. The van der Waals surface area contributed by atoms with E-state index in [4.69, 9.17) is 17.3 Å². The number of hydrogen-bond acceptors (Lipinski definition) is 1. The first-order chi connectivity index (χ1) is 8.47. The summed E-state index contributed by atoms with van der Waals surface area (Å²) < 4.78 is 14.1. The fourth-order valence-electron chi connectivity index (χ4n) is 1.81. The molecule has 0 saturated carbocycles. The minimum atomic E-state index is -0.320. The summed E-state index contributed by atoms with van der Waals surface area (Å²) in [5.74, 6) is -0.224. The fraction of sp³-hybridized carbons (Fsp3) is 0.143. The lowest BCUT2D eigenvalue weighted by molar-refractivity contribution is 0.617. The molecule has 2 N–H and O–H groups in total. The van der Waals surface area contributed by atoms with Gasteiger partial charge in [-0.2, -0.15) is 0 Å². The van der Waals surface area contributed by atoms with Crippen LogP contribution in [-0.4, -0.2) is 0 Å². The van der Waals surface area contributed by atoms with Gasteiger partial charge in [-0.05, 0) is 47.9 Å². The first-order valence-electron chi connectivity index (χ1n) is 5.45. The monoisotopic (exact) mass is 327 g/mol. The van der Waals surface area contributed by atoms with Gasteiger partial charge < -0.3 is 5.73 Å². The molecule has 0 fully saturated rings. The zero-order valence-electron chi connectivity index (χ0n) is 9.75. The Labute approximate surface area is 119 Å². The third-order valence-electron chi connectivity index (χ3n) is 2.79. The van der Waals surface area contributed by atoms with Crippen LogP contribution in [0.1, 0.15) is 22.7 Å². The van der Waals surface area contributed by atoms with E-state index in [1.54, 1.807) is 25.1 Å². The Morgan fingerprint density at radius 3 is 2.50 bits per heavy atom. The highest BCUT2D eigenvalue weighted by Gasteiger charge is 2.11. The van der Waals surface area contributed by atoms with Gasteiger partial charge in [0.1, 0.15) is 5.82 Å². The molecule has 18 heavy (non-hydrogen) atoms. The lowest BCUT2D eigenvalue weighted by Crippen LogP contribution is -2.12. The first kappa shape index (κ1) is 13.5. The molecule has 0 aliphatic rings. The van der Waals surface area contributed by atoms with E-state index in [0.29, 0.717) is 10.6 Å². The van der Waals surface area contributed by atoms with Gasteiger partial charge in [-0.15, -0.1) is 0 Å². The normalized spacial score (nSPS) is 12.5. The van der Waals surface area contributed by atoms with Crippen molar-refractivity contribution in [3.63, 3.8) is 0 Å². The Bertz CT molecular complexity index is 566. The maximum Gasteiger partial charge on any atom is 0.126 e. The standard InChI is InChI=1S/C14H12BrClFN/c1-8-4-9(2-3-13(8)17)14(18)10-5-11(15)7-12(16)6-10/h2-7,14H,18H2,1H3. The lowest BCUT2D eigenvalue weighted by Gasteiger charge is -2.14. The molecule has 1 unspecified atom stereocenters. The molecule has 0 radical (unpaired) electrons. The van der Waals surface area contributed by atoms with Gasteiger partial charge >= 0.3 is 0 Å². The summed E-state index contributed by atoms with van der Waals surface area (Å²) in [7, 11) is 0. The predicted molar refractivity (Wildman–Crippen MR) is 76.3 cm³/mol. The summed E-state index contributed by atoms with van der Waals surface area (Å²) >= 11 is 9.37. The van der Waals surface area contributed by atoms with E-state index in [-0.39, 0.29) is 11.9 Å². The minimum absolute atomic E-state index is 0.224. The maximum absolute atomic E-state index is 13.2. The van der Waals surface area contributed by atoms with Gasteiger partial charge in [0.2, 0.25) is 0 Å². The van der Waals surface area contributed by atoms with Gasteiger partial charge in [-0.1, -0.05) is 39.7 Å². The van der Waals surface area contributed by atoms with Gasteiger partial charge in [0, 0.05) is 9.50 Å². The van der Waals surface area contributed by atoms with Crippen molar-refractivity contribution in [1.82, 2.24) is 0 Å². The van der Waals surface area contributed by atoms with Crippen LogP contribution in [0.25, 0.3) is 0 Å². The van der Waals surface area contributed by atoms with E-state index < -0.39 is 0 Å². The molecule has 94 valence electrons. The van der Waals surface area contributed by atoms with Crippen molar-refractivity contribution in [2.75, 3.05) is 0 Å². The van der Waals surface area contributed by atoms with Crippen LogP contribution in [0.4, 0.5) is 4.39 Å². The number of nitrogens with two attached hydrogens (primary N) is 1. The molecule has 1 nitrogen and oxygen atoms in total. The van der Waals surface area contributed by atoms with E-state index in [0.717, 1.165) is 15.6 Å². The molecule has 0 bridgehead atoms. The highest BCUT2D eigenvalue weighted by Crippen LogP contribution is 2.27. The molecular weight excluding hydrogens is 317 g/mol. The quantitative estimate of drug-likeness (QED) is 0.856. The van der Waals surface area contributed by atoms with Crippen LogP contribution in [0.3, 0.4) is 0 Å². The number of hydrogen-bond donors (Lipinski definition) is 1. The summed E-state index contributed by atoms with van der Waals surface area (Å²) in [6.07, 6.45) is 0. The highest BCUT2D eigenvalue weighted by atomic mass is 79.9. The molecule has 0 aliphatic carbocycles. The Balaban J connectivity index is 2.40. The molecule has 1 atom stereocenters. The number of rotatable bonds is 2. The van der Waals surface area contributed by atoms with E-state index in [1.807, 2.05) is 12.1 Å². The van der Waals surface area contributed by atoms with Crippen LogP contribution in [0, 0.1) is 12.7 Å². The van der Waals surface area contributed by atoms with Gasteiger partial charge in [0.05, 0.1) is 6.04 Å². The van der Waals surface area contributed by atoms with Gasteiger partial charge in [0.15, 0.2) is 0 Å². The van der Waals surface area contributed by atoms with Crippen molar-refractivity contribution in [2.24, 2.45) is 5.73 Å². The minimum Gasteiger partial charge on any atom is -0.320 e. The van der Waals surface area contributed by atoms with Crippen molar-refractivity contribution in [2.45, 2.75) is 13.0 Å². The molecule has 0 heterocycles. The lowest BCUT2D eigenvalue weighted by atomic mass is 9.98.